The minimum atomic E-state index is -5.31. The molecule has 4 rings (SSSR count). The van der Waals surface area contributed by atoms with Crippen LogP contribution >= 0.6 is 11.6 Å². The normalized spacial score (nSPS) is 19.0. The maximum Gasteiger partial charge on any atom is 0.493 e. The van der Waals surface area contributed by atoms with Crippen LogP contribution in [0.25, 0.3) is 0 Å². The third-order valence-corrected chi connectivity index (χ3v) is 5.82. The highest BCUT2D eigenvalue weighted by Crippen LogP contribution is 2.45. The van der Waals surface area contributed by atoms with Gasteiger partial charge < -0.3 is 10.2 Å². The van der Waals surface area contributed by atoms with Gasteiger partial charge in [0.05, 0.1) is 10.7 Å². The van der Waals surface area contributed by atoms with E-state index in [1.807, 2.05) is 0 Å². The zero-order chi connectivity index (χ0) is 24.8. The molecule has 1 atom stereocenters. The molecule has 34 heavy (non-hydrogen) atoms. The number of para-hydroxylation sites is 1. The van der Waals surface area contributed by atoms with Gasteiger partial charge in [0.1, 0.15) is 0 Å². The van der Waals surface area contributed by atoms with Gasteiger partial charge in [-0.25, -0.2) is 9.59 Å². The van der Waals surface area contributed by atoms with Crippen LogP contribution in [0.4, 0.5) is 30.4 Å². The highest BCUT2D eigenvalue weighted by molar-refractivity contribution is 6.33. The Morgan fingerprint density at radius 2 is 1.82 bits per heavy atom. The maximum absolute atomic E-state index is 13.3. The fourth-order valence-corrected chi connectivity index (χ4v) is 4.34. The van der Waals surface area contributed by atoms with Crippen molar-refractivity contribution < 1.29 is 22.8 Å². The Morgan fingerprint density at radius 3 is 2.41 bits per heavy atom. The van der Waals surface area contributed by atoms with Crippen LogP contribution in [0.5, 0.6) is 0 Å². The Morgan fingerprint density at radius 1 is 1.18 bits per heavy atom. The fraction of sp³-hybridized carbons (Fsp3) is 0.450. The van der Waals surface area contributed by atoms with E-state index in [-0.39, 0.29) is 16.5 Å². The molecule has 0 bridgehead atoms. The average molecular weight is 503 g/mol. The molecule has 2 aliphatic heterocycles. The third-order valence-electron chi connectivity index (χ3n) is 5.50. The fourth-order valence-electron chi connectivity index (χ4n) is 4.11. The van der Waals surface area contributed by atoms with Crippen LogP contribution in [0.3, 0.4) is 0 Å². The zero-order valence-corrected chi connectivity index (χ0v) is 19.0. The second-order valence-corrected chi connectivity index (χ2v) is 8.46. The summed E-state index contributed by atoms with van der Waals surface area (Å²) in [5.74, 6) is -2.76. The smallest absolute Gasteiger partial charge is 0.327 e. The lowest BCUT2D eigenvalue weighted by molar-refractivity contribution is -0.203. The summed E-state index contributed by atoms with van der Waals surface area (Å²) in [6.45, 7) is 4.92. The zero-order valence-electron chi connectivity index (χ0n) is 18.2. The lowest BCUT2D eigenvalue weighted by Crippen LogP contribution is -2.60. The summed E-state index contributed by atoms with van der Waals surface area (Å²) in [6.07, 6.45) is -6.52. The summed E-state index contributed by atoms with van der Waals surface area (Å²) in [5.41, 5.74) is -1.59. The molecule has 0 spiro atoms. The van der Waals surface area contributed by atoms with Crippen LogP contribution in [-0.4, -0.2) is 59.1 Å². The molecule has 2 aromatic rings. The van der Waals surface area contributed by atoms with Gasteiger partial charge in [-0.3, -0.25) is 24.1 Å². The maximum atomic E-state index is 13.3. The molecule has 1 aromatic carbocycles. The Balaban J connectivity index is 2.02. The average Bonchev–Trinajstić information content (AvgIpc) is 3.08. The summed E-state index contributed by atoms with van der Waals surface area (Å²) in [7, 11) is 0. The Bertz CT molecular complexity index is 1210. The van der Waals surface area contributed by atoms with Crippen LogP contribution in [0.15, 0.2) is 33.9 Å². The van der Waals surface area contributed by atoms with Crippen molar-refractivity contribution in [2.24, 2.45) is 0 Å². The van der Waals surface area contributed by atoms with Crippen molar-refractivity contribution in [3.05, 3.63) is 50.1 Å². The molecule has 1 unspecified atom stereocenters. The predicted octanol–water partition coefficient (Wildman–Crippen LogP) is 1.94. The monoisotopic (exact) mass is 502 g/mol. The van der Waals surface area contributed by atoms with E-state index in [4.69, 9.17) is 16.4 Å². The van der Waals surface area contributed by atoms with Gasteiger partial charge >= 0.3 is 17.8 Å². The molecule has 2 aliphatic rings. The number of H-pyrrole nitrogens is 1. The van der Waals surface area contributed by atoms with Crippen molar-refractivity contribution in [2.45, 2.75) is 32.4 Å². The molecule has 2 N–H and O–H groups in total. The van der Waals surface area contributed by atoms with E-state index in [1.165, 1.54) is 4.90 Å². The number of hydroxylamine groups is 1. The van der Waals surface area contributed by atoms with Crippen molar-refractivity contribution in [3.8, 4) is 0 Å². The molecular weight excluding hydrogens is 481 g/mol. The van der Waals surface area contributed by atoms with Crippen LogP contribution in [-0.2, 0) is 9.63 Å². The summed E-state index contributed by atoms with van der Waals surface area (Å²) in [5, 5.41) is 4.04. The summed E-state index contributed by atoms with van der Waals surface area (Å²) < 4.78 is 40.8. The number of aromatic amines is 1. The van der Waals surface area contributed by atoms with E-state index in [1.54, 1.807) is 43.0 Å². The number of anilines is 3. The van der Waals surface area contributed by atoms with E-state index in [2.05, 4.69) is 10.3 Å². The van der Waals surface area contributed by atoms with E-state index < -0.39 is 35.7 Å². The second kappa shape index (κ2) is 8.96. The number of benzene rings is 1. The number of rotatable bonds is 4. The van der Waals surface area contributed by atoms with Gasteiger partial charge in [0.15, 0.2) is 11.5 Å². The molecule has 0 radical (unpaired) electrons. The lowest BCUT2D eigenvalue weighted by Gasteiger charge is -2.41. The Hall–Kier alpha value is -3.03. The van der Waals surface area contributed by atoms with Crippen LogP contribution in [0.2, 0.25) is 5.02 Å². The number of alkyl halides is 3. The number of piperazine rings is 1. The van der Waals surface area contributed by atoms with Gasteiger partial charge in [-0.05, 0) is 26.0 Å². The molecule has 184 valence electrons. The van der Waals surface area contributed by atoms with E-state index in [0.29, 0.717) is 36.9 Å². The topological polar surface area (TPSA) is 103 Å². The van der Waals surface area contributed by atoms with Crippen LogP contribution in [0.1, 0.15) is 19.9 Å². The largest absolute Gasteiger partial charge is 0.493 e. The standard InChI is InChI=1S/C20H22ClF3N6O4/c1-11(2)28-16-14(15(31)26-18(28)33)29(13-6-4-3-5-12(13)21)19(27-9-7-25-8-10-27)30(16)34-17(32)20(22,23)24/h3-6,11,19,25H,7-10H2,1-2H3,(H,26,31,33). The number of fused-ring (bicyclic) bond motifs is 1. The number of carbonyl (C=O) groups is 1. The minimum Gasteiger partial charge on any atom is -0.327 e. The van der Waals surface area contributed by atoms with Crippen molar-refractivity contribution in [1.29, 1.82) is 0 Å². The van der Waals surface area contributed by atoms with Crippen molar-refractivity contribution in [2.75, 3.05) is 36.1 Å². The molecule has 1 saturated heterocycles. The molecule has 0 amide bonds. The summed E-state index contributed by atoms with van der Waals surface area (Å²) in [4.78, 5) is 48.0. The van der Waals surface area contributed by atoms with Gasteiger partial charge in [-0.15, -0.1) is 5.06 Å². The number of halogens is 4. The number of hydrogen-bond acceptors (Lipinski definition) is 8. The van der Waals surface area contributed by atoms with Gasteiger partial charge in [-0.2, -0.15) is 13.2 Å². The third kappa shape index (κ3) is 4.14. The molecule has 0 saturated carbocycles. The quantitative estimate of drug-likeness (QED) is 0.654. The first kappa shape index (κ1) is 24.1. The Labute approximate surface area is 196 Å². The van der Waals surface area contributed by atoms with Crippen molar-refractivity contribution in [3.63, 3.8) is 0 Å². The highest BCUT2D eigenvalue weighted by Gasteiger charge is 2.51. The number of hydrogen-bond donors (Lipinski definition) is 2. The van der Waals surface area contributed by atoms with Crippen molar-refractivity contribution >= 4 is 34.8 Å². The number of carbonyl (C=O) groups excluding carboxylic acids is 1. The number of nitrogens with zero attached hydrogens (tertiary/aromatic N) is 4. The van der Waals surface area contributed by atoms with Gasteiger partial charge in [0, 0.05) is 32.2 Å². The molecule has 3 heterocycles. The van der Waals surface area contributed by atoms with Gasteiger partial charge in [0.25, 0.3) is 5.56 Å². The minimum absolute atomic E-state index is 0.167. The molecule has 1 aromatic heterocycles. The van der Waals surface area contributed by atoms with Crippen LogP contribution in [0, 0.1) is 0 Å². The predicted molar refractivity (Wildman–Crippen MR) is 118 cm³/mol. The van der Waals surface area contributed by atoms with Gasteiger partial charge in [0.2, 0.25) is 6.29 Å². The molecular formula is C20H22ClF3N6O4. The molecule has 14 heteroatoms. The molecule has 0 aliphatic carbocycles. The molecule has 1 fully saturated rings. The molecule has 10 nitrogen and oxygen atoms in total. The van der Waals surface area contributed by atoms with Crippen LogP contribution < -0.4 is 26.5 Å². The highest BCUT2D eigenvalue weighted by atomic mass is 35.5. The first-order valence-electron chi connectivity index (χ1n) is 10.5. The summed E-state index contributed by atoms with van der Waals surface area (Å²) >= 11 is 6.43. The van der Waals surface area contributed by atoms with Crippen molar-refractivity contribution in [1.82, 2.24) is 19.8 Å². The number of aromatic nitrogens is 2. The first-order valence-corrected chi connectivity index (χ1v) is 10.9. The second-order valence-electron chi connectivity index (χ2n) is 8.05. The SMILES string of the molecule is CC(C)n1c2c(c(=O)[nH]c1=O)N(c1ccccc1Cl)C(N1CCNCC1)N2OC(=O)C(F)(F)F. The van der Waals surface area contributed by atoms with E-state index >= 15 is 0 Å². The summed E-state index contributed by atoms with van der Waals surface area (Å²) in [6, 6.07) is 5.85. The van der Waals surface area contributed by atoms with Gasteiger partial charge in [-0.1, -0.05) is 23.7 Å². The lowest BCUT2D eigenvalue weighted by atomic mass is 10.2. The van der Waals surface area contributed by atoms with E-state index in [9.17, 15) is 27.6 Å². The first-order chi connectivity index (χ1) is 16.0. The Kier molecular flexibility index (Phi) is 6.36. The number of nitrogens with one attached hydrogen (secondary N) is 2. The van der Waals surface area contributed by atoms with E-state index in [0.717, 1.165) is 4.57 Å².